The number of hydrogen-bond acceptors (Lipinski definition) is 2. The molecule has 4 heteroatoms. The molecule has 0 bridgehead atoms. The summed E-state index contributed by atoms with van der Waals surface area (Å²) in [5.74, 6) is -0.994. The summed E-state index contributed by atoms with van der Waals surface area (Å²) in [6, 6.07) is 26.1. The third kappa shape index (κ3) is 2.32. The van der Waals surface area contributed by atoms with Gasteiger partial charge in [0.1, 0.15) is 5.69 Å². The number of hydrogen-bond donors (Lipinski definition) is 1. The first-order chi connectivity index (χ1) is 13.6. The van der Waals surface area contributed by atoms with Crippen molar-refractivity contribution in [2.75, 3.05) is 0 Å². The molecule has 134 valence electrons. The largest absolute Gasteiger partial charge is 0.478 e. The second kappa shape index (κ2) is 6.06. The average molecular weight is 365 g/mol. The second-order valence-electron chi connectivity index (χ2n) is 6.72. The molecule has 0 spiro atoms. The Kier molecular flexibility index (Phi) is 3.52. The van der Waals surface area contributed by atoms with Crippen LogP contribution in [0.2, 0.25) is 0 Å². The number of rotatable bonds is 3. The number of carbonyl (C=O) groups is 2. The number of fused-ring (bicyclic) bond motifs is 3. The Hall–Kier alpha value is -3.92. The van der Waals surface area contributed by atoms with E-state index in [1.165, 1.54) is 0 Å². The van der Waals surface area contributed by atoms with E-state index < -0.39 is 5.97 Å². The van der Waals surface area contributed by atoms with Gasteiger partial charge in [0.25, 0.3) is 0 Å². The van der Waals surface area contributed by atoms with Gasteiger partial charge in [-0.1, -0.05) is 54.6 Å². The highest BCUT2D eigenvalue weighted by atomic mass is 16.4. The average Bonchev–Trinajstić information content (AvgIpc) is 3.25. The van der Waals surface area contributed by atoms with Crippen LogP contribution in [0.1, 0.15) is 26.4 Å². The zero-order valence-corrected chi connectivity index (χ0v) is 14.8. The summed E-state index contributed by atoms with van der Waals surface area (Å²) >= 11 is 0. The highest BCUT2D eigenvalue weighted by Crippen LogP contribution is 2.42. The van der Waals surface area contributed by atoms with Crippen molar-refractivity contribution in [3.8, 4) is 28.1 Å². The highest BCUT2D eigenvalue weighted by Gasteiger charge is 2.32. The predicted molar refractivity (Wildman–Crippen MR) is 107 cm³/mol. The Labute approximate surface area is 161 Å². The van der Waals surface area contributed by atoms with E-state index in [2.05, 4.69) is 0 Å². The molecule has 0 amide bonds. The fourth-order valence-corrected chi connectivity index (χ4v) is 3.83. The minimum Gasteiger partial charge on any atom is -0.478 e. The number of nitrogens with zero attached hydrogens (tertiary/aromatic N) is 1. The van der Waals surface area contributed by atoms with Crippen molar-refractivity contribution < 1.29 is 14.7 Å². The molecule has 0 unspecified atom stereocenters. The van der Waals surface area contributed by atoms with E-state index in [1.807, 2.05) is 65.2 Å². The minimum atomic E-state index is -0.976. The number of benzene rings is 3. The van der Waals surface area contributed by atoms with Gasteiger partial charge in [-0.05, 0) is 41.5 Å². The third-order valence-corrected chi connectivity index (χ3v) is 5.12. The molecular formula is C24H15NO3. The van der Waals surface area contributed by atoms with E-state index in [4.69, 9.17) is 0 Å². The normalized spacial score (nSPS) is 11.9. The maximum absolute atomic E-state index is 13.2. The fraction of sp³-hybridized carbons (Fsp3) is 0. The van der Waals surface area contributed by atoms with Gasteiger partial charge in [0.2, 0.25) is 5.78 Å². The Morgan fingerprint density at radius 2 is 1.39 bits per heavy atom. The first-order valence-electron chi connectivity index (χ1n) is 8.94. The van der Waals surface area contributed by atoms with E-state index in [1.54, 1.807) is 24.3 Å². The first-order valence-corrected chi connectivity index (χ1v) is 8.94. The quantitative estimate of drug-likeness (QED) is 0.486. The van der Waals surface area contributed by atoms with Crippen molar-refractivity contribution in [2.45, 2.75) is 0 Å². The van der Waals surface area contributed by atoms with Crippen LogP contribution in [-0.4, -0.2) is 21.4 Å². The molecule has 1 N–H and O–H groups in total. The van der Waals surface area contributed by atoms with E-state index in [0.29, 0.717) is 11.3 Å². The van der Waals surface area contributed by atoms with Gasteiger partial charge in [0, 0.05) is 16.8 Å². The Balaban J connectivity index is 1.79. The van der Waals surface area contributed by atoms with Gasteiger partial charge in [-0.15, -0.1) is 0 Å². The maximum atomic E-state index is 13.2. The summed E-state index contributed by atoms with van der Waals surface area (Å²) in [5, 5.41) is 9.19. The Bertz CT molecular complexity index is 1230. The lowest BCUT2D eigenvalue weighted by Gasteiger charge is -2.13. The van der Waals surface area contributed by atoms with Crippen LogP contribution in [0.4, 0.5) is 0 Å². The minimum absolute atomic E-state index is 0.0184. The van der Waals surface area contributed by atoms with E-state index in [0.717, 1.165) is 28.1 Å². The van der Waals surface area contributed by atoms with Crippen molar-refractivity contribution >= 4 is 11.8 Å². The molecule has 1 aliphatic carbocycles. The van der Waals surface area contributed by atoms with Crippen LogP contribution in [0, 0.1) is 0 Å². The molecule has 0 saturated heterocycles. The van der Waals surface area contributed by atoms with Crippen molar-refractivity contribution in [3.05, 3.63) is 102 Å². The maximum Gasteiger partial charge on any atom is 0.335 e. The molecule has 28 heavy (non-hydrogen) atoms. The molecule has 1 heterocycles. The molecule has 1 aromatic heterocycles. The molecule has 5 rings (SSSR count). The summed E-state index contributed by atoms with van der Waals surface area (Å²) in [5.41, 5.74) is 6.00. The third-order valence-electron chi connectivity index (χ3n) is 5.12. The molecule has 0 saturated carbocycles. The Morgan fingerprint density at radius 1 is 0.750 bits per heavy atom. The Morgan fingerprint density at radius 3 is 2.07 bits per heavy atom. The summed E-state index contributed by atoms with van der Waals surface area (Å²) < 4.78 is 1.93. The van der Waals surface area contributed by atoms with Crippen LogP contribution < -0.4 is 0 Å². The summed E-state index contributed by atoms with van der Waals surface area (Å²) in [6.45, 7) is 0. The standard InChI is InChI=1S/C24H15NO3/c26-23-19-9-5-4-8-18(19)20-14-21(15-6-2-1-3-7-15)25(22(20)23)17-12-10-16(11-13-17)24(27)28/h1-14H,(H,27,28). The first kappa shape index (κ1) is 16.3. The van der Waals surface area contributed by atoms with Crippen LogP contribution in [-0.2, 0) is 0 Å². The van der Waals surface area contributed by atoms with Gasteiger partial charge in [-0.2, -0.15) is 0 Å². The predicted octanol–water partition coefficient (Wildman–Crippen LogP) is 5.05. The summed E-state index contributed by atoms with van der Waals surface area (Å²) in [6.07, 6.45) is 0. The lowest BCUT2D eigenvalue weighted by atomic mass is 10.1. The summed E-state index contributed by atoms with van der Waals surface area (Å²) in [7, 11) is 0. The number of ketones is 1. The zero-order valence-electron chi connectivity index (χ0n) is 14.8. The molecule has 0 radical (unpaired) electrons. The topological polar surface area (TPSA) is 59.3 Å². The number of carboxylic acid groups (broad SMARTS) is 1. The van der Waals surface area contributed by atoms with Crippen LogP contribution >= 0.6 is 0 Å². The molecule has 1 aliphatic rings. The van der Waals surface area contributed by atoms with Crippen LogP contribution in [0.15, 0.2) is 84.9 Å². The van der Waals surface area contributed by atoms with Crippen molar-refractivity contribution in [1.29, 1.82) is 0 Å². The van der Waals surface area contributed by atoms with Crippen LogP contribution in [0.5, 0.6) is 0 Å². The molecule has 3 aromatic carbocycles. The molecule has 4 aromatic rings. The lowest BCUT2D eigenvalue weighted by molar-refractivity contribution is 0.0696. The monoisotopic (exact) mass is 365 g/mol. The molecule has 0 aliphatic heterocycles. The molecule has 4 nitrogen and oxygen atoms in total. The second-order valence-corrected chi connectivity index (χ2v) is 6.72. The van der Waals surface area contributed by atoms with Gasteiger partial charge >= 0.3 is 5.97 Å². The SMILES string of the molecule is O=C(O)c1ccc(-n2c(-c3ccccc3)cc3c2C(=O)c2ccccc2-3)cc1. The van der Waals surface area contributed by atoms with Gasteiger partial charge in [0.05, 0.1) is 11.3 Å². The van der Waals surface area contributed by atoms with Gasteiger partial charge in [0.15, 0.2) is 0 Å². The van der Waals surface area contributed by atoms with Crippen molar-refractivity contribution in [1.82, 2.24) is 4.57 Å². The van der Waals surface area contributed by atoms with E-state index >= 15 is 0 Å². The van der Waals surface area contributed by atoms with Gasteiger partial charge < -0.3 is 9.67 Å². The van der Waals surface area contributed by atoms with Crippen molar-refractivity contribution in [2.24, 2.45) is 0 Å². The molecule has 0 fully saturated rings. The van der Waals surface area contributed by atoms with Gasteiger partial charge in [-0.3, -0.25) is 4.79 Å². The fourth-order valence-electron chi connectivity index (χ4n) is 3.83. The highest BCUT2D eigenvalue weighted by molar-refractivity contribution is 6.22. The lowest BCUT2D eigenvalue weighted by Crippen LogP contribution is -2.08. The van der Waals surface area contributed by atoms with E-state index in [9.17, 15) is 14.7 Å². The smallest absolute Gasteiger partial charge is 0.335 e. The van der Waals surface area contributed by atoms with Crippen LogP contribution in [0.3, 0.4) is 0 Å². The summed E-state index contributed by atoms with van der Waals surface area (Å²) in [4.78, 5) is 24.4. The van der Waals surface area contributed by atoms with Gasteiger partial charge in [-0.25, -0.2) is 4.79 Å². The zero-order chi connectivity index (χ0) is 19.3. The number of carboxylic acids is 1. The number of aromatic nitrogens is 1. The van der Waals surface area contributed by atoms with Crippen LogP contribution in [0.25, 0.3) is 28.1 Å². The molecular weight excluding hydrogens is 350 g/mol. The number of aromatic carboxylic acids is 1. The number of carbonyl (C=O) groups excluding carboxylic acids is 1. The van der Waals surface area contributed by atoms with E-state index in [-0.39, 0.29) is 11.3 Å². The van der Waals surface area contributed by atoms with Crippen molar-refractivity contribution in [3.63, 3.8) is 0 Å². The molecule has 0 atom stereocenters.